The van der Waals surface area contributed by atoms with Gasteiger partial charge in [-0.05, 0) is 18.2 Å². The molecule has 5 rings (SSSR count). The molecule has 12 heteroatoms. The zero-order valence-electron chi connectivity index (χ0n) is 19.9. The molecule has 0 saturated carbocycles. The summed E-state index contributed by atoms with van der Waals surface area (Å²) in [6.45, 7) is 3.80. The highest BCUT2D eigenvalue weighted by Gasteiger charge is 2.47. The van der Waals surface area contributed by atoms with Gasteiger partial charge in [0.25, 0.3) is 11.5 Å². The van der Waals surface area contributed by atoms with E-state index in [-0.39, 0.29) is 30.3 Å². The predicted octanol–water partition coefficient (Wildman–Crippen LogP) is 4.04. The summed E-state index contributed by atoms with van der Waals surface area (Å²) in [6.07, 6.45) is 1.43. The molecule has 1 aromatic carbocycles. The lowest BCUT2D eigenvalue weighted by Crippen LogP contribution is -2.52. The molecule has 36 heavy (non-hydrogen) atoms. The predicted molar refractivity (Wildman–Crippen MR) is 134 cm³/mol. The van der Waals surface area contributed by atoms with Gasteiger partial charge in [-0.2, -0.15) is 4.98 Å². The minimum absolute atomic E-state index is 0.0489. The van der Waals surface area contributed by atoms with Crippen LogP contribution in [-0.4, -0.2) is 52.7 Å². The Bertz CT molecular complexity index is 1420. The number of anilines is 4. The number of rotatable bonds is 3. The van der Waals surface area contributed by atoms with Gasteiger partial charge in [-0.25, -0.2) is 18.6 Å². The average Bonchev–Trinajstić information content (AvgIpc) is 3.04. The standard InChI is InChI=1S/C24H25ClF2N6O3/c1-12-10-33(11-13(2)24(12,26)27)23-29-9-16(25)20(31-23)30-14-4-5-17-15(8-14)19-18(21(34)32(17)3)22(35)36-7-6-28-19/h4-5,8-9,12-13,28H,6-7,10-11H2,1-3H3,(H,29,30,31). The van der Waals surface area contributed by atoms with Crippen molar-refractivity contribution in [3.05, 3.63) is 45.3 Å². The number of piperidine rings is 1. The van der Waals surface area contributed by atoms with Crippen molar-refractivity contribution in [2.75, 3.05) is 41.8 Å². The van der Waals surface area contributed by atoms with Crippen LogP contribution in [0, 0.1) is 11.8 Å². The Balaban J connectivity index is 1.51. The fourth-order valence-corrected chi connectivity index (χ4v) is 4.89. The molecular weight excluding hydrogens is 494 g/mol. The van der Waals surface area contributed by atoms with E-state index in [4.69, 9.17) is 16.3 Å². The van der Waals surface area contributed by atoms with Crippen molar-refractivity contribution in [2.45, 2.75) is 19.8 Å². The van der Waals surface area contributed by atoms with Crippen LogP contribution in [0.1, 0.15) is 24.2 Å². The lowest BCUT2D eigenvalue weighted by atomic mass is 9.87. The summed E-state index contributed by atoms with van der Waals surface area (Å²) in [7, 11) is 1.59. The minimum atomic E-state index is -2.76. The van der Waals surface area contributed by atoms with E-state index < -0.39 is 29.3 Å². The molecule has 4 heterocycles. The summed E-state index contributed by atoms with van der Waals surface area (Å²) >= 11 is 6.36. The fourth-order valence-electron chi connectivity index (χ4n) is 4.75. The molecule has 0 aliphatic carbocycles. The number of esters is 1. The van der Waals surface area contributed by atoms with Crippen molar-refractivity contribution in [2.24, 2.45) is 18.9 Å². The maximum absolute atomic E-state index is 14.3. The number of fused-ring (bicyclic) bond motifs is 3. The molecule has 1 saturated heterocycles. The van der Waals surface area contributed by atoms with E-state index in [0.717, 1.165) is 0 Å². The number of pyridine rings is 1. The lowest BCUT2D eigenvalue weighted by molar-refractivity contribution is -0.105. The normalized spacial score (nSPS) is 21.4. The van der Waals surface area contributed by atoms with Crippen LogP contribution in [0.4, 0.5) is 31.9 Å². The van der Waals surface area contributed by atoms with E-state index >= 15 is 0 Å². The Kier molecular flexibility index (Phi) is 5.98. The lowest BCUT2D eigenvalue weighted by Gasteiger charge is -2.41. The summed E-state index contributed by atoms with van der Waals surface area (Å²) in [6, 6.07) is 5.29. The number of aryl methyl sites for hydroxylation is 1. The van der Waals surface area contributed by atoms with Crippen LogP contribution in [0.2, 0.25) is 5.02 Å². The Morgan fingerprint density at radius 3 is 2.67 bits per heavy atom. The van der Waals surface area contributed by atoms with Crippen LogP contribution in [0.25, 0.3) is 10.9 Å². The van der Waals surface area contributed by atoms with E-state index in [1.807, 2.05) is 0 Å². The first-order chi connectivity index (χ1) is 17.1. The van der Waals surface area contributed by atoms with Gasteiger partial charge in [0.05, 0.1) is 17.4 Å². The van der Waals surface area contributed by atoms with E-state index in [0.29, 0.717) is 40.6 Å². The Morgan fingerprint density at radius 1 is 1.22 bits per heavy atom. The van der Waals surface area contributed by atoms with E-state index in [2.05, 4.69) is 20.6 Å². The van der Waals surface area contributed by atoms with Crippen molar-refractivity contribution < 1.29 is 18.3 Å². The molecule has 0 radical (unpaired) electrons. The molecular formula is C24H25ClF2N6O3. The molecule has 0 amide bonds. The molecule has 2 atom stereocenters. The molecule has 9 nitrogen and oxygen atoms in total. The zero-order chi connectivity index (χ0) is 25.8. The monoisotopic (exact) mass is 518 g/mol. The topological polar surface area (TPSA) is 101 Å². The second-order valence-corrected chi connectivity index (χ2v) is 9.69. The number of nitrogens with one attached hydrogen (secondary N) is 2. The third-order valence-electron chi connectivity index (χ3n) is 6.82. The molecule has 1 fully saturated rings. The molecule has 2 N–H and O–H groups in total. The minimum Gasteiger partial charge on any atom is -0.460 e. The summed E-state index contributed by atoms with van der Waals surface area (Å²) in [5, 5.41) is 7.18. The van der Waals surface area contributed by atoms with Crippen LogP contribution in [0.5, 0.6) is 0 Å². The molecule has 0 bridgehead atoms. The van der Waals surface area contributed by atoms with Gasteiger partial charge < -0.3 is 24.8 Å². The van der Waals surface area contributed by atoms with Gasteiger partial charge >= 0.3 is 5.97 Å². The molecule has 2 aromatic heterocycles. The summed E-state index contributed by atoms with van der Waals surface area (Å²) < 4.78 is 35.1. The summed E-state index contributed by atoms with van der Waals surface area (Å²) in [4.78, 5) is 35.8. The first-order valence-electron chi connectivity index (χ1n) is 11.6. The van der Waals surface area contributed by atoms with Crippen LogP contribution in [0.3, 0.4) is 0 Å². The molecule has 2 aliphatic heterocycles. The van der Waals surface area contributed by atoms with Crippen LogP contribution < -0.4 is 21.1 Å². The van der Waals surface area contributed by atoms with Crippen molar-refractivity contribution in [1.82, 2.24) is 14.5 Å². The highest BCUT2D eigenvalue weighted by molar-refractivity contribution is 6.33. The van der Waals surface area contributed by atoms with Crippen molar-refractivity contribution in [1.29, 1.82) is 0 Å². The molecule has 190 valence electrons. The van der Waals surface area contributed by atoms with Gasteiger partial charge in [-0.15, -0.1) is 0 Å². The van der Waals surface area contributed by atoms with E-state index in [9.17, 15) is 18.4 Å². The van der Waals surface area contributed by atoms with E-state index in [1.165, 1.54) is 24.6 Å². The van der Waals surface area contributed by atoms with Crippen LogP contribution in [-0.2, 0) is 11.8 Å². The Labute approximate surface area is 210 Å². The van der Waals surface area contributed by atoms with E-state index in [1.54, 1.807) is 30.1 Å². The Morgan fingerprint density at radius 2 is 1.94 bits per heavy atom. The third-order valence-corrected chi connectivity index (χ3v) is 7.09. The van der Waals surface area contributed by atoms with Crippen molar-refractivity contribution in [3.63, 3.8) is 0 Å². The quantitative estimate of drug-likeness (QED) is 0.501. The van der Waals surface area contributed by atoms with Crippen LogP contribution >= 0.6 is 11.6 Å². The SMILES string of the molecule is CC1CN(c2ncc(Cl)c(Nc3ccc4c(c3)c3c(c(=O)n4C)C(=O)OCCN3)n2)CC(C)C1(F)F. The molecule has 2 aliphatic rings. The number of hydrogen-bond acceptors (Lipinski definition) is 8. The van der Waals surface area contributed by atoms with Gasteiger partial charge in [0.15, 0.2) is 5.82 Å². The number of carbonyl (C=O) groups is 1. The number of benzene rings is 1. The number of alkyl halides is 2. The number of nitrogens with zero attached hydrogens (tertiary/aromatic N) is 4. The van der Waals surface area contributed by atoms with Crippen molar-refractivity contribution >= 4 is 51.6 Å². The Hall–Kier alpha value is -3.47. The second kappa shape index (κ2) is 8.88. The number of halogens is 3. The summed E-state index contributed by atoms with van der Waals surface area (Å²) in [5.74, 6) is -4.51. The molecule has 2 unspecified atom stereocenters. The number of hydrogen-bond donors (Lipinski definition) is 2. The first-order valence-corrected chi connectivity index (χ1v) is 12.0. The largest absolute Gasteiger partial charge is 0.460 e. The van der Waals surface area contributed by atoms with Gasteiger partial charge in [0, 0.05) is 49.6 Å². The second-order valence-electron chi connectivity index (χ2n) is 9.28. The number of carbonyl (C=O) groups excluding carboxylic acids is 1. The summed E-state index contributed by atoms with van der Waals surface area (Å²) in [5.41, 5.74) is 1.13. The highest BCUT2D eigenvalue weighted by atomic mass is 35.5. The third kappa shape index (κ3) is 4.01. The van der Waals surface area contributed by atoms with Crippen LogP contribution in [0.15, 0.2) is 29.2 Å². The molecule has 0 spiro atoms. The highest BCUT2D eigenvalue weighted by Crippen LogP contribution is 2.39. The number of aromatic nitrogens is 3. The fraction of sp³-hybridized carbons (Fsp3) is 0.417. The van der Waals surface area contributed by atoms with Gasteiger partial charge in [-0.3, -0.25) is 4.79 Å². The smallest absolute Gasteiger partial charge is 0.346 e. The molecule has 3 aromatic rings. The average molecular weight is 519 g/mol. The first kappa shape index (κ1) is 24.2. The maximum atomic E-state index is 14.3. The van der Waals surface area contributed by atoms with Gasteiger partial charge in [-0.1, -0.05) is 25.4 Å². The van der Waals surface area contributed by atoms with Gasteiger partial charge in [0.1, 0.15) is 17.2 Å². The maximum Gasteiger partial charge on any atom is 0.346 e. The van der Waals surface area contributed by atoms with Crippen molar-refractivity contribution in [3.8, 4) is 0 Å². The zero-order valence-corrected chi connectivity index (χ0v) is 20.7. The number of ether oxygens (including phenoxy) is 1. The van der Waals surface area contributed by atoms with Gasteiger partial charge in [0.2, 0.25) is 5.95 Å². The number of cyclic esters (lactones) is 1.